The van der Waals surface area contributed by atoms with E-state index in [1.165, 1.54) is 12.1 Å². The zero-order valence-electron chi connectivity index (χ0n) is 6.44. The molecule has 0 bridgehead atoms. The van der Waals surface area contributed by atoms with Gasteiger partial charge in [0.15, 0.2) is 0 Å². The highest BCUT2D eigenvalue weighted by Gasteiger charge is 2.29. The second-order valence-corrected chi connectivity index (χ2v) is 4.03. The average molecular weight is 271 g/mol. The largest absolute Gasteiger partial charge is 0.446 e. The van der Waals surface area contributed by atoms with Crippen molar-refractivity contribution in [2.45, 2.75) is 15.7 Å². The van der Waals surface area contributed by atoms with Gasteiger partial charge in [0.25, 0.3) is 0 Å². The number of thioether (sulfide) groups is 1. The van der Waals surface area contributed by atoms with Crippen LogP contribution in [0.3, 0.4) is 0 Å². The van der Waals surface area contributed by atoms with E-state index in [9.17, 15) is 13.2 Å². The molecule has 0 aromatic heterocycles. The molecule has 0 radical (unpaired) electrons. The van der Waals surface area contributed by atoms with Gasteiger partial charge in [-0.25, -0.2) is 0 Å². The third kappa shape index (κ3) is 4.04. The van der Waals surface area contributed by atoms with Crippen molar-refractivity contribution in [3.63, 3.8) is 0 Å². The predicted molar refractivity (Wildman–Crippen MR) is 51.0 cm³/mol. The van der Waals surface area contributed by atoms with Gasteiger partial charge < -0.3 is 0 Å². The van der Waals surface area contributed by atoms with E-state index in [-0.39, 0.29) is 16.7 Å². The topological polar surface area (TPSA) is 0 Å². The fourth-order valence-corrected chi connectivity index (χ4v) is 1.80. The lowest BCUT2D eigenvalue weighted by Gasteiger charge is -2.05. The van der Waals surface area contributed by atoms with Gasteiger partial charge in [-0.1, -0.05) is 28.1 Å². The summed E-state index contributed by atoms with van der Waals surface area (Å²) in [5.74, 6) is 0. The van der Waals surface area contributed by atoms with E-state index in [4.69, 9.17) is 0 Å². The van der Waals surface area contributed by atoms with Gasteiger partial charge in [0.05, 0.1) is 0 Å². The van der Waals surface area contributed by atoms with Crippen molar-refractivity contribution in [2.75, 3.05) is 0 Å². The van der Waals surface area contributed by atoms with Crippen LogP contribution < -0.4 is 0 Å². The lowest BCUT2D eigenvalue weighted by atomic mass is 10.2. The van der Waals surface area contributed by atoms with Gasteiger partial charge in [-0.2, -0.15) is 13.2 Å². The zero-order chi connectivity index (χ0) is 9.90. The van der Waals surface area contributed by atoms with Crippen LogP contribution in [0.1, 0.15) is 5.56 Å². The van der Waals surface area contributed by atoms with Crippen molar-refractivity contribution in [3.8, 4) is 0 Å². The summed E-state index contributed by atoms with van der Waals surface area (Å²) in [7, 11) is 0. The van der Waals surface area contributed by atoms with E-state index < -0.39 is 5.51 Å². The number of hydrogen-bond donors (Lipinski definition) is 0. The van der Waals surface area contributed by atoms with Crippen LogP contribution in [0, 0.1) is 0 Å². The summed E-state index contributed by atoms with van der Waals surface area (Å²) in [6.07, 6.45) is 0. The summed E-state index contributed by atoms with van der Waals surface area (Å²) in [5, 5.41) is 0.569. The van der Waals surface area contributed by atoms with Gasteiger partial charge in [-0.15, -0.1) is 0 Å². The minimum absolute atomic E-state index is 0.0906. The van der Waals surface area contributed by atoms with Crippen molar-refractivity contribution in [2.24, 2.45) is 0 Å². The molecule has 13 heavy (non-hydrogen) atoms. The van der Waals surface area contributed by atoms with E-state index in [0.29, 0.717) is 5.33 Å². The lowest BCUT2D eigenvalue weighted by molar-refractivity contribution is -0.0328. The molecule has 0 aliphatic heterocycles. The minimum atomic E-state index is -4.20. The van der Waals surface area contributed by atoms with E-state index in [2.05, 4.69) is 15.9 Å². The van der Waals surface area contributed by atoms with Crippen LogP contribution in [-0.2, 0) is 5.33 Å². The summed E-state index contributed by atoms with van der Waals surface area (Å²) in [5.41, 5.74) is -3.36. The molecule has 0 N–H and O–H groups in total. The fourth-order valence-electron chi connectivity index (χ4n) is 0.826. The molecule has 0 fully saturated rings. The third-order valence-corrected chi connectivity index (χ3v) is 2.65. The monoisotopic (exact) mass is 270 g/mol. The Labute approximate surface area is 86.6 Å². The van der Waals surface area contributed by atoms with Gasteiger partial charge in [0.2, 0.25) is 0 Å². The number of alkyl halides is 4. The van der Waals surface area contributed by atoms with Crippen LogP contribution in [-0.4, -0.2) is 5.51 Å². The Morgan fingerprint density at radius 1 is 1.31 bits per heavy atom. The molecule has 0 amide bonds. The van der Waals surface area contributed by atoms with Gasteiger partial charge in [0, 0.05) is 10.2 Å². The van der Waals surface area contributed by atoms with Crippen LogP contribution in [0.15, 0.2) is 29.2 Å². The Bertz CT molecular complexity index is 285. The summed E-state index contributed by atoms with van der Waals surface area (Å²) in [6, 6.07) is 6.36. The highest BCUT2D eigenvalue weighted by molar-refractivity contribution is 9.08. The molecule has 0 saturated carbocycles. The van der Waals surface area contributed by atoms with Gasteiger partial charge >= 0.3 is 5.51 Å². The standard InChI is InChI=1S/C8H6BrF3S/c9-5-6-2-1-3-7(4-6)13-8(10,11)12/h1-4H,5H2. The fraction of sp³-hybridized carbons (Fsp3) is 0.250. The first kappa shape index (κ1) is 10.9. The molecule has 0 aliphatic rings. The van der Waals surface area contributed by atoms with E-state index in [1.54, 1.807) is 12.1 Å². The number of halogens is 4. The van der Waals surface area contributed by atoms with Crippen molar-refractivity contribution in [1.82, 2.24) is 0 Å². The average Bonchev–Trinajstić information content (AvgIpc) is 2.01. The van der Waals surface area contributed by atoms with Crippen molar-refractivity contribution >= 4 is 27.7 Å². The summed E-state index contributed by atoms with van der Waals surface area (Å²) >= 11 is 3.09. The molecule has 1 aromatic carbocycles. The third-order valence-electron chi connectivity index (χ3n) is 1.29. The van der Waals surface area contributed by atoms with Crippen LogP contribution in [0.4, 0.5) is 13.2 Å². The zero-order valence-corrected chi connectivity index (χ0v) is 8.84. The van der Waals surface area contributed by atoms with Crippen LogP contribution in [0.2, 0.25) is 0 Å². The van der Waals surface area contributed by atoms with E-state index in [1.807, 2.05) is 0 Å². The molecule has 5 heteroatoms. The summed E-state index contributed by atoms with van der Waals surface area (Å²) < 4.78 is 35.8. The van der Waals surface area contributed by atoms with Gasteiger partial charge in [0.1, 0.15) is 0 Å². The van der Waals surface area contributed by atoms with Crippen LogP contribution >= 0.6 is 27.7 Å². The van der Waals surface area contributed by atoms with Crippen LogP contribution in [0.5, 0.6) is 0 Å². The second-order valence-electron chi connectivity index (χ2n) is 2.33. The van der Waals surface area contributed by atoms with Gasteiger partial charge in [-0.3, -0.25) is 0 Å². The maximum atomic E-state index is 11.9. The first-order valence-corrected chi connectivity index (χ1v) is 5.36. The number of hydrogen-bond acceptors (Lipinski definition) is 1. The Morgan fingerprint density at radius 2 is 2.00 bits per heavy atom. The molecule has 72 valence electrons. The SMILES string of the molecule is FC(F)(F)Sc1cccc(CBr)c1. The summed E-state index contributed by atoms with van der Waals surface area (Å²) in [4.78, 5) is 0.226. The Balaban J connectivity index is 2.78. The quantitative estimate of drug-likeness (QED) is 0.574. The molecule has 0 spiro atoms. The van der Waals surface area contributed by atoms with Gasteiger partial charge in [-0.05, 0) is 29.5 Å². The molecular formula is C8H6BrF3S. The smallest absolute Gasteiger partial charge is 0.160 e. The first-order valence-electron chi connectivity index (χ1n) is 3.42. The highest BCUT2D eigenvalue weighted by Crippen LogP contribution is 2.37. The molecule has 1 rings (SSSR count). The van der Waals surface area contributed by atoms with E-state index >= 15 is 0 Å². The predicted octanol–water partition coefficient (Wildman–Crippen LogP) is 4.19. The second kappa shape index (κ2) is 4.37. The normalized spacial score (nSPS) is 11.7. The highest BCUT2D eigenvalue weighted by atomic mass is 79.9. The lowest BCUT2D eigenvalue weighted by Crippen LogP contribution is -1.98. The molecule has 0 heterocycles. The summed E-state index contributed by atoms with van der Waals surface area (Å²) in [6.45, 7) is 0. The Hall–Kier alpha value is -0.160. The number of benzene rings is 1. The van der Waals surface area contributed by atoms with E-state index in [0.717, 1.165) is 5.56 Å². The Morgan fingerprint density at radius 3 is 2.54 bits per heavy atom. The van der Waals surface area contributed by atoms with Crippen molar-refractivity contribution in [1.29, 1.82) is 0 Å². The van der Waals surface area contributed by atoms with Crippen molar-refractivity contribution < 1.29 is 13.2 Å². The molecule has 0 saturated heterocycles. The maximum Gasteiger partial charge on any atom is 0.446 e. The number of rotatable bonds is 2. The molecule has 0 atom stereocenters. The first-order chi connectivity index (χ1) is 6.01. The molecule has 0 aliphatic carbocycles. The van der Waals surface area contributed by atoms with Crippen molar-refractivity contribution in [3.05, 3.63) is 29.8 Å². The maximum absolute atomic E-state index is 11.9. The van der Waals surface area contributed by atoms with Crippen LogP contribution in [0.25, 0.3) is 0 Å². The Kier molecular flexibility index (Phi) is 3.67. The minimum Gasteiger partial charge on any atom is -0.160 e. The molecule has 0 unspecified atom stereocenters. The molecule has 1 aromatic rings. The molecular weight excluding hydrogens is 265 g/mol. The molecule has 0 nitrogen and oxygen atoms in total.